The fourth-order valence-electron chi connectivity index (χ4n) is 9.74. The normalized spacial score (nSPS) is 37.6. The Labute approximate surface area is 375 Å². The first-order chi connectivity index (χ1) is 23.4. The van der Waals surface area contributed by atoms with E-state index < -0.39 is 101 Å². The van der Waals surface area contributed by atoms with Crippen LogP contribution in [0.15, 0.2) is 41.5 Å². The molecule has 4 fully saturated rings. The van der Waals surface area contributed by atoms with Crippen LogP contribution in [0.5, 0.6) is 0 Å². The van der Waals surface area contributed by atoms with E-state index in [1.165, 1.54) is 26.0 Å². The Morgan fingerprint density at radius 1 is 1.00 bits per heavy atom. The molecule has 15 heteroatoms. The van der Waals surface area contributed by atoms with E-state index in [1.807, 2.05) is 0 Å². The van der Waals surface area contributed by atoms with E-state index in [0.717, 1.165) is 12.8 Å². The summed E-state index contributed by atoms with van der Waals surface area (Å²) in [5, 5.41) is 62.8. The van der Waals surface area contributed by atoms with Crippen LogP contribution in [0.25, 0.3) is 0 Å². The van der Waals surface area contributed by atoms with Crippen molar-refractivity contribution in [3.8, 4) is 0 Å². The third kappa shape index (κ3) is 7.11. The molecule has 5 aliphatic rings. The summed E-state index contributed by atoms with van der Waals surface area (Å²) < 4.78 is 17.7. The molecule has 4 aliphatic carbocycles. The smallest absolute Gasteiger partial charge is 0.338 e. The average Bonchev–Trinajstić information content (AvgIpc) is 3.60. The number of carbonyl (C=O) groups is 4. The zero-order valence-electron chi connectivity index (χ0n) is 30.3. The zero-order valence-corrected chi connectivity index (χ0v) is 39.8. The van der Waals surface area contributed by atoms with Crippen LogP contribution in [0.3, 0.4) is 0 Å². The van der Waals surface area contributed by atoms with Gasteiger partial charge in [-0.25, -0.2) is 9.59 Å². The Kier molecular flexibility index (Phi) is 13.9. The molecule has 9 unspecified atom stereocenters. The number of ketones is 1. The minimum absolute atomic E-state index is 0. The standard InChI is InChI=1S/C37H49NO12.2Ac/c1-18-22(49-33(45)28(42)26(38-19(2)39)20-11-9-10-12-20)16-37(47)31(50-32(44)21-13-7-6-8-14-21)29-35(5,23(40)15-24-36(29,46)17-48-24)30(43)27(41)25(18)34(37,3)4;;/h6-8,13-14,20,22-24,26-29,31,40-42,46-47H,9-12,15-17H2,1-5H3,(H,38,39);;/t22?,23?,24?,26?,27?,28?,29?,31?,35-,36+,37?;;/m1../s1. The maximum Gasteiger partial charge on any atom is 0.338 e. The van der Waals surface area contributed by atoms with E-state index in [1.54, 1.807) is 39.0 Å². The molecule has 0 spiro atoms. The molecule has 6 N–H and O–H groups in total. The molecule has 1 amide bonds. The first-order valence-electron chi connectivity index (χ1n) is 17.5. The molecule has 1 aliphatic heterocycles. The second kappa shape index (κ2) is 16.3. The van der Waals surface area contributed by atoms with Crippen LogP contribution in [0.1, 0.15) is 83.5 Å². The number of amides is 1. The van der Waals surface area contributed by atoms with Gasteiger partial charge in [0.15, 0.2) is 11.9 Å². The molecule has 2 radical (unpaired) electrons. The summed E-state index contributed by atoms with van der Waals surface area (Å²) in [6.45, 7) is 7.10. The quantitative estimate of drug-likeness (QED) is 0.168. The topological polar surface area (TPSA) is 209 Å². The molecule has 280 valence electrons. The van der Waals surface area contributed by atoms with E-state index in [9.17, 15) is 44.7 Å². The Bertz CT molecular complexity index is 1580. The third-order valence-corrected chi connectivity index (χ3v) is 12.7. The van der Waals surface area contributed by atoms with Crippen molar-refractivity contribution in [2.24, 2.45) is 22.7 Å². The third-order valence-electron chi connectivity index (χ3n) is 12.7. The minimum atomic E-state index is -2.24. The fourth-order valence-corrected chi connectivity index (χ4v) is 9.74. The van der Waals surface area contributed by atoms with Crippen molar-refractivity contribution in [1.82, 2.24) is 5.32 Å². The molecule has 6 rings (SSSR count). The number of ether oxygens (including phenoxy) is 3. The first kappa shape index (κ1) is 44.4. The number of hydrogen-bond acceptors (Lipinski definition) is 12. The van der Waals surface area contributed by atoms with Gasteiger partial charge >= 0.3 is 11.9 Å². The van der Waals surface area contributed by atoms with E-state index in [4.69, 9.17) is 14.2 Å². The number of esters is 2. The number of nitrogens with one attached hydrogen (secondary N) is 1. The van der Waals surface area contributed by atoms with Crippen molar-refractivity contribution in [2.45, 2.75) is 127 Å². The van der Waals surface area contributed by atoms with Crippen molar-refractivity contribution in [3.63, 3.8) is 0 Å². The van der Waals surface area contributed by atoms with E-state index >= 15 is 0 Å². The van der Waals surface area contributed by atoms with E-state index in [0.29, 0.717) is 12.8 Å². The number of aliphatic hydroxyl groups excluding tert-OH is 3. The maximum absolute atomic E-state index is 14.6. The molecule has 3 saturated carbocycles. The monoisotopic (exact) mass is 1150 g/mol. The number of hydrogen-bond donors (Lipinski definition) is 6. The Morgan fingerprint density at radius 2 is 1.62 bits per heavy atom. The predicted octanol–water partition coefficient (Wildman–Crippen LogP) is 1.12. The Hall–Kier alpha value is -0.317. The largest absolute Gasteiger partial charge is 0.456 e. The molecule has 11 atom stereocenters. The van der Waals surface area contributed by atoms with Crippen LogP contribution in [0, 0.1) is 111 Å². The second-order valence-corrected chi connectivity index (χ2v) is 15.8. The van der Waals surface area contributed by atoms with Gasteiger partial charge in [0.2, 0.25) is 5.91 Å². The van der Waals surface area contributed by atoms with Gasteiger partial charge in [-0.2, -0.15) is 0 Å². The number of benzene rings is 1. The second-order valence-electron chi connectivity index (χ2n) is 15.8. The number of carbonyl (C=O) groups excluding carboxylic acids is 4. The van der Waals surface area contributed by atoms with Gasteiger partial charge in [0.25, 0.3) is 0 Å². The average molecular weight is 1150 g/mol. The van der Waals surface area contributed by atoms with Gasteiger partial charge in [0.1, 0.15) is 29.5 Å². The summed E-state index contributed by atoms with van der Waals surface area (Å²) >= 11 is 0. The summed E-state index contributed by atoms with van der Waals surface area (Å²) in [6.07, 6.45) is -6.61. The molecule has 52 heavy (non-hydrogen) atoms. The summed E-state index contributed by atoms with van der Waals surface area (Å²) in [7, 11) is 0. The van der Waals surface area contributed by atoms with Crippen molar-refractivity contribution in [3.05, 3.63) is 47.0 Å². The van der Waals surface area contributed by atoms with Gasteiger partial charge in [-0.05, 0) is 55.9 Å². The Morgan fingerprint density at radius 3 is 2.17 bits per heavy atom. The van der Waals surface area contributed by atoms with Crippen LogP contribution in [-0.4, -0.2) is 110 Å². The van der Waals surface area contributed by atoms with Crippen LogP contribution >= 0.6 is 0 Å². The molecule has 0 aromatic heterocycles. The summed E-state index contributed by atoms with van der Waals surface area (Å²) in [5.41, 5.74) is -7.22. The van der Waals surface area contributed by atoms with Crippen molar-refractivity contribution in [1.29, 1.82) is 0 Å². The zero-order chi connectivity index (χ0) is 36.6. The minimum Gasteiger partial charge on any atom is -0.456 e. The van der Waals surface area contributed by atoms with Crippen LogP contribution in [0.2, 0.25) is 0 Å². The van der Waals surface area contributed by atoms with Crippen LogP contribution < -0.4 is 5.32 Å². The van der Waals surface area contributed by atoms with Gasteiger partial charge in [-0.15, -0.1) is 0 Å². The van der Waals surface area contributed by atoms with E-state index in [2.05, 4.69) is 5.32 Å². The first-order valence-corrected chi connectivity index (χ1v) is 17.5. The molecule has 1 saturated heterocycles. The van der Waals surface area contributed by atoms with Gasteiger partial charge < -0.3 is 45.1 Å². The van der Waals surface area contributed by atoms with Crippen molar-refractivity contribution >= 4 is 23.6 Å². The van der Waals surface area contributed by atoms with E-state index in [-0.39, 0.29) is 124 Å². The van der Waals surface area contributed by atoms with Crippen LogP contribution in [-0.2, 0) is 28.6 Å². The number of rotatable bonds is 7. The number of aliphatic hydroxyl groups is 5. The fraction of sp³-hybridized carbons (Fsp3) is 0.676. The molecule has 1 aromatic rings. The van der Waals surface area contributed by atoms with Gasteiger partial charge in [0.05, 0.1) is 35.8 Å². The maximum atomic E-state index is 14.6. The molecule has 1 heterocycles. The van der Waals surface area contributed by atoms with Crippen molar-refractivity contribution < 1.29 is 147 Å². The predicted molar refractivity (Wildman–Crippen MR) is 175 cm³/mol. The SMILES string of the molecule is CC(=O)NC(C1CCCC1)C(O)C(=O)OC1CC2(O)C(OC(=O)c3ccccc3)C3[C@]4(O)COC4CC(O)[C@@]3(C)C(=O)C(O)C(=C1C)C2(C)C.[Ac].[Ac]. The molecular weight excluding hydrogens is 1100 g/mol. The molecular formula is C37H49Ac2NO12. The van der Waals surface area contributed by atoms with Gasteiger partial charge in [0, 0.05) is 119 Å². The van der Waals surface area contributed by atoms with Gasteiger partial charge in [-0.1, -0.05) is 44.9 Å². The van der Waals surface area contributed by atoms with Crippen molar-refractivity contribution in [2.75, 3.05) is 6.61 Å². The number of Topliss-reactive ketones (excluding diaryl/α,β-unsaturated/α-hetero) is 1. The molecule has 2 bridgehead atoms. The summed E-state index contributed by atoms with van der Waals surface area (Å²) in [5.74, 6) is -4.90. The Balaban J connectivity index is 0.00000302. The summed E-state index contributed by atoms with van der Waals surface area (Å²) in [6, 6.07) is 7.03. The number of fused-ring (bicyclic) bond motifs is 5. The molecule has 1 aromatic carbocycles. The van der Waals surface area contributed by atoms with Crippen LogP contribution in [0.4, 0.5) is 0 Å². The summed E-state index contributed by atoms with van der Waals surface area (Å²) in [4.78, 5) is 54.2. The van der Waals surface area contributed by atoms with Gasteiger partial charge in [-0.3, -0.25) is 9.59 Å². The molecule has 13 nitrogen and oxygen atoms in total.